The van der Waals surface area contributed by atoms with Gasteiger partial charge in [-0.3, -0.25) is 0 Å². The predicted molar refractivity (Wildman–Crippen MR) is 50.2 cm³/mol. The molecular weight excluding hydrogens is 150 g/mol. The minimum Gasteiger partial charge on any atom is -0.389 e. The second-order valence-electron chi connectivity index (χ2n) is 4.32. The highest BCUT2D eigenvalue weighted by atomic mass is 16.3. The Morgan fingerprint density at radius 1 is 1.50 bits per heavy atom. The fraction of sp³-hybridized carbons (Fsp3) is 0.800. The van der Waals surface area contributed by atoms with Gasteiger partial charge in [-0.1, -0.05) is 5.57 Å². The monoisotopic (exact) mass is 170 g/mol. The van der Waals surface area contributed by atoms with Crippen molar-refractivity contribution in [1.82, 2.24) is 0 Å². The van der Waals surface area contributed by atoms with E-state index in [-0.39, 0.29) is 0 Å². The maximum atomic E-state index is 10.1. The Bertz CT molecular complexity index is 169. The van der Waals surface area contributed by atoms with Crippen LogP contribution in [0.1, 0.15) is 26.2 Å². The number of quaternary nitrogens is 1. The maximum absolute atomic E-state index is 10.1. The number of hydrogen-bond acceptors (Lipinski definition) is 1. The van der Waals surface area contributed by atoms with Crippen molar-refractivity contribution in [1.29, 1.82) is 0 Å². The molecule has 1 heterocycles. The molecule has 0 aromatic carbocycles. The van der Waals surface area contributed by atoms with Crippen molar-refractivity contribution in [2.75, 3.05) is 20.1 Å². The third kappa shape index (κ3) is 2.61. The lowest BCUT2D eigenvalue weighted by Gasteiger charge is -2.34. The van der Waals surface area contributed by atoms with Crippen LogP contribution in [-0.2, 0) is 0 Å². The van der Waals surface area contributed by atoms with Gasteiger partial charge in [-0.05, 0) is 13.3 Å². The minimum atomic E-state index is -0.439. The van der Waals surface area contributed by atoms with Crippen LogP contribution < -0.4 is 4.90 Å². The van der Waals surface area contributed by atoms with Crippen LogP contribution >= 0.6 is 0 Å². The van der Waals surface area contributed by atoms with Crippen molar-refractivity contribution in [2.24, 2.45) is 0 Å². The first-order valence-electron chi connectivity index (χ1n) is 4.70. The van der Waals surface area contributed by atoms with Crippen LogP contribution in [0, 0.1) is 0 Å². The number of nitrogens with one attached hydrogen (secondary N) is 1. The summed E-state index contributed by atoms with van der Waals surface area (Å²) in [5, 5.41) is 10.1. The molecule has 0 aromatic heterocycles. The zero-order valence-corrected chi connectivity index (χ0v) is 8.19. The van der Waals surface area contributed by atoms with E-state index in [0.29, 0.717) is 0 Å². The van der Waals surface area contributed by atoms with E-state index in [9.17, 15) is 5.11 Å². The van der Waals surface area contributed by atoms with Gasteiger partial charge < -0.3 is 10.0 Å². The first-order chi connectivity index (χ1) is 5.52. The van der Waals surface area contributed by atoms with Crippen LogP contribution in [0.15, 0.2) is 12.2 Å². The maximum Gasteiger partial charge on any atom is 0.0796 e. The summed E-state index contributed by atoms with van der Waals surface area (Å²) in [4.78, 5) is 1.53. The predicted octanol–water partition coefficient (Wildman–Crippen LogP) is -0.00780. The standard InChI is InChI=1S/C10H19NO/c1-9(2)8-10(12)4-6-11(3)7-5-10/h12H,1,4-8H2,2-3H3/p+1. The van der Waals surface area contributed by atoms with E-state index in [1.165, 1.54) is 4.90 Å². The average Bonchev–Trinajstić information content (AvgIpc) is 1.94. The fourth-order valence-corrected chi connectivity index (χ4v) is 1.88. The van der Waals surface area contributed by atoms with E-state index < -0.39 is 5.60 Å². The molecule has 0 aromatic rings. The van der Waals surface area contributed by atoms with Crippen molar-refractivity contribution in [3.8, 4) is 0 Å². The van der Waals surface area contributed by atoms with Crippen molar-refractivity contribution in [2.45, 2.75) is 31.8 Å². The Kier molecular flexibility index (Phi) is 2.91. The van der Waals surface area contributed by atoms with E-state index in [0.717, 1.165) is 37.9 Å². The smallest absolute Gasteiger partial charge is 0.0796 e. The molecule has 0 spiro atoms. The molecule has 0 saturated carbocycles. The van der Waals surface area contributed by atoms with Crippen LogP contribution in [0.2, 0.25) is 0 Å². The number of likely N-dealkylation sites (tertiary alicyclic amines) is 1. The van der Waals surface area contributed by atoms with Gasteiger partial charge in [-0.2, -0.15) is 0 Å². The van der Waals surface area contributed by atoms with Gasteiger partial charge in [0.25, 0.3) is 0 Å². The highest BCUT2D eigenvalue weighted by molar-refractivity contribution is 4.98. The van der Waals surface area contributed by atoms with E-state index >= 15 is 0 Å². The minimum absolute atomic E-state index is 0.439. The Hall–Kier alpha value is -0.340. The molecule has 0 unspecified atom stereocenters. The molecule has 0 aliphatic carbocycles. The highest BCUT2D eigenvalue weighted by Crippen LogP contribution is 2.23. The lowest BCUT2D eigenvalue weighted by Crippen LogP contribution is -3.10. The van der Waals surface area contributed by atoms with Gasteiger partial charge in [0.1, 0.15) is 0 Å². The van der Waals surface area contributed by atoms with Crippen LogP contribution in [0.25, 0.3) is 0 Å². The lowest BCUT2D eigenvalue weighted by molar-refractivity contribution is -0.887. The summed E-state index contributed by atoms with van der Waals surface area (Å²) in [5.74, 6) is 0. The first kappa shape index (κ1) is 9.75. The van der Waals surface area contributed by atoms with Crippen LogP contribution in [-0.4, -0.2) is 30.8 Å². The van der Waals surface area contributed by atoms with Gasteiger partial charge in [0.2, 0.25) is 0 Å². The van der Waals surface area contributed by atoms with Gasteiger partial charge in [-0.15, -0.1) is 6.58 Å². The summed E-state index contributed by atoms with van der Waals surface area (Å²) in [6.07, 6.45) is 2.62. The average molecular weight is 170 g/mol. The van der Waals surface area contributed by atoms with E-state index in [2.05, 4.69) is 13.6 Å². The Morgan fingerprint density at radius 2 is 2.00 bits per heavy atom. The molecule has 0 radical (unpaired) electrons. The third-order valence-electron chi connectivity index (χ3n) is 2.67. The van der Waals surface area contributed by atoms with Crippen LogP contribution in [0.3, 0.4) is 0 Å². The molecule has 1 fully saturated rings. The van der Waals surface area contributed by atoms with Crippen molar-refractivity contribution in [3.63, 3.8) is 0 Å². The summed E-state index contributed by atoms with van der Waals surface area (Å²) < 4.78 is 0. The summed E-state index contributed by atoms with van der Waals surface area (Å²) >= 11 is 0. The third-order valence-corrected chi connectivity index (χ3v) is 2.67. The molecule has 1 aliphatic rings. The second-order valence-corrected chi connectivity index (χ2v) is 4.32. The molecule has 0 bridgehead atoms. The van der Waals surface area contributed by atoms with E-state index in [1.807, 2.05) is 6.92 Å². The topological polar surface area (TPSA) is 24.7 Å². The highest BCUT2D eigenvalue weighted by Gasteiger charge is 2.32. The summed E-state index contributed by atoms with van der Waals surface area (Å²) in [5.41, 5.74) is 0.655. The van der Waals surface area contributed by atoms with Crippen LogP contribution in [0.4, 0.5) is 0 Å². The number of aliphatic hydroxyl groups is 1. The summed E-state index contributed by atoms with van der Waals surface area (Å²) in [6.45, 7) is 8.01. The molecule has 2 nitrogen and oxygen atoms in total. The molecule has 2 N–H and O–H groups in total. The van der Waals surface area contributed by atoms with Crippen molar-refractivity contribution in [3.05, 3.63) is 12.2 Å². The molecule has 0 amide bonds. The van der Waals surface area contributed by atoms with E-state index in [4.69, 9.17) is 0 Å². The molecule has 2 heteroatoms. The van der Waals surface area contributed by atoms with Gasteiger partial charge in [0.05, 0.1) is 25.7 Å². The zero-order valence-electron chi connectivity index (χ0n) is 8.19. The van der Waals surface area contributed by atoms with Gasteiger partial charge in [0.15, 0.2) is 0 Å². The molecule has 1 rings (SSSR count). The Morgan fingerprint density at radius 3 is 2.42 bits per heavy atom. The molecule has 70 valence electrons. The van der Waals surface area contributed by atoms with Crippen LogP contribution in [0.5, 0.6) is 0 Å². The molecule has 0 atom stereocenters. The second kappa shape index (κ2) is 3.58. The number of rotatable bonds is 2. The van der Waals surface area contributed by atoms with E-state index in [1.54, 1.807) is 0 Å². The Balaban J connectivity index is 2.44. The summed E-state index contributed by atoms with van der Waals surface area (Å²) in [7, 11) is 2.18. The van der Waals surface area contributed by atoms with Crippen molar-refractivity contribution < 1.29 is 10.0 Å². The largest absolute Gasteiger partial charge is 0.389 e. The molecule has 1 saturated heterocycles. The first-order valence-corrected chi connectivity index (χ1v) is 4.70. The molecule has 1 aliphatic heterocycles. The fourth-order valence-electron chi connectivity index (χ4n) is 1.88. The van der Waals surface area contributed by atoms with Crippen molar-refractivity contribution >= 4 is 0 Å². The number of piperidine rings is 1. The SMILES string of the molecule is C=C(C)CC1(O)CC[NH+](C)CC1. The van der Waals surface area contributed by atoms with Gasteiger partial charge >= 0.3 is 0 Å². The Labute approximate surface area is 74.9 Å². The lowest BCUT2D eigenvalue weighted by atomic mass is 9.86. The zero-order chi connectivity index (χ0) is 9.19. The number of hydrogen-bond donors (Lipinski definition) is 2. The molecular formula is C10H20NO+. The quantitative estimate of drug-likeness (QED) is 0.560. The summed E-state index contributed by atoms with van der Waals surface area (Å²) in [6, 6.07) is 0. The normalized spacial score (nSPS) is 36.4. The van der Waals surface area contributed by atoms with Gasteiger partial charge in [-0.25, -0.2) is 0 Å². The molecule has 12 heavy (non-hydrogen) atoms. The van der Waals surface area contributed by atoms with Gasteiger partial charge in [0, 0.05) is 12.8 Å².